The Kier molecular flexibility index (Phi) is 5.89. The molecule has 0 spiro atoms. The van der Waals surface area contributed by atoms with Gasteiger partial charge in [0.2, 0.25) is 5.91 Å². The molecule has 1 amide bonds. The molecule has 1 N–H and O–H groups in total. The summed E-state index contributed by atoms with van der Waals surface area (Å²) in [5.74, 6) is 1.92. The molecular formula is C21H25N3O2. The Labute approximate surface area is 154 Å². The number of nitrogens with one attached hydrogen (secondary N) is 1. The number of rotatable bonds is 8. The molecule has 3 aromatic rings. The van der Waals surface area contributed by atoms with Crippen molar-refractivity contribution in [2.75, 3.05) is 13.2 Å². The summed E-state index contributed by atoms with van der Waals surface area (Å²) in [6.07, 6.45) is 1.61. The fourth-order valence-corrected chi connectivity index (χ4v) is 3.04. The SMILES string of the molecule is CC(=O)NCCc1nc2ccccc2n1CCCOc1ccccc1C. The summed E-state index contributed by atoms with van der Waals surface area (Å²) < 4.78 is 8.14. The number of carbonyl (C=O) groups excluding carboxylic acids is 1. The molecule has 26 heavy (non-hydrogen) atoms. The van der Waals surface area contributed by atoms with Gasteiger partial charge in [-0.05, 0) is 37.1 Å². The van der Waals surface area contributed by atoms with Crippen LogP contribution in [0.25, 0.3) is 11.0 Å². The Morgan fingerprint density at radius 3 is 2.73 bits per heavy atom. The molecule has 136 valence electrons. The normalized spacial score (nSPS) is 10.8. The van der Waals surface area contributed by atoms with Gasteiger partial charge >= 0.3 is 0 Å². The summed E-state index contributed by atoms with van der Waals surface area (Å²) in [6.45, 7) is 5.67. The molecule has 1 aromatic heterocycles. The highest BCUT2D eigenvalue weighted by molar-refractivity contribution is 5.76. The van der Waals surface area contributed by atoms with Crippen molar-refractivity contribution in [1.29, 1.82) is 0 Å². The van der Waals surface area contributed by atoms with E-state index in [1.54, 1.807) is 0 Å². The maximum atomic E-state index is 11.1. The van der Waals surface area contributed by atoms with Crippen LogP contribution in [0.4, 0.5) is 0 Å². The van der Waals surface area contributed by atoms with Gasteiger partial charge in [-0.25, -0.2) is 4.98 Å². The lowest BCUT2D eigenvalue weighted by molar-refractivity contribution is -0.118. The van der Waals surface area contributed by atoms with E-state index in [1.807, 2.05) is 36.4 Å². The largest absolute Gasteiger partial charge is 0.493 e. The second-order valence-corrected chi connectivity index (χ2v) is 6.37. The fourth-order valence-electron chi connectivity index (χ4n) is 3.04. The number of benzene rings is 2. The van der Waals surface area contributed by atoms with Gasteiger partial charge < -0.3 is 14.6 Å². The van der Waals surface area contributed by atoms with E-state index in [-0.39, 0.29) is 5.91 Å². The molecule has 0 saturated carbocycles. The van der Waals surface area contributed by atoms with Crippen LogP contribution in [-0.4, -0.2) is 28.6 Å². The van der Waals surface area contributed by atoms with Crippen molar-refractivity contribution in [2.24, 2.45) is 0 Å². The molecule has 2 aromatic carbocycles. The van der Waals surface area contributed by atoms with E-state index in [0.717, 1.165) is 41.1 Å². The van der Waals surface area contributed by atoms with Gasteiger partial charge in [0.05, 0.1) is 17.6 Å². The van der Waals surface area contributed by atoms with Crippen molar-refractivity contribution in [1.82, 2.24) is 14.9 Å². The minimum atomic E-state index is -0.0145. The van der Waals surface area contributed by atoms with Gasteiger partial charge in [-0.2, -0.15) is 0 Å². The van der Waals surface area contributed by atoms with Gasteiger partial charge in [0.1, 0.15) is 11.6 Å². The van der Waals surface area contributed by atoms with Crippen LogP contribution in [0, 0.1) is 6.92 Å². The predicted octanol–water partition coefficient (Wildman–Crippen LogP) is 3.49. The highest BCUT2D eigenvalue weighted by Gasteiger charge is 2.10. The van der Waals surface area contributed by atoms with Crippen LogP contribution in [0.1, 0.15) is 24.7 Å². The molecule has 0 unspecified atom stereocenters. The lowest BCUT2D eigenvalue weighted by Gasteiger charge is -2.11. The number of hydrogen-bond donors (Lipinski definition) is 1. The van der Waals surface area contributed by atoms with Gasteiger partial charge in [-0.1, -0.05) is 30.3 Å². The molecule has 0 aliphatic heterocycles. The van der Waals surface area contributed by atoms with Crippen molar-refractivity contribution in [3.8, 4) is 5.75 Å². The third-order valence-electron chi connectivity index (χ3n) is 4.33. The molecule has 0 aliphatic carbocycles. The number of nitrogens with zero attached hydrogens (tertiary/aromatic N) is 2. The fraction of sp³-hybridized carbons (Fsp3) is 0.333. The van der Waals surface area contributed by atoms with Gasteiger partial charge in [-0.3, -0.25) is 4.79 Å². The zero-order valence-corrected chi connectivity index (χ0v) is 15.4. The molecule has 5 nitrogen and oxygen atoms in total. The van der Waals surface area contributed by atoms with E-state index in [0.29, 0.717) is 19.6 Å². The summed E-state index contributed by atoms with van der Waals surface area (Å²) in [5.41, 5.74) is 3.27. The van der Waals surface area contributed by atoms with E-state index < -0.39 is 0 Å². The van der Waals surface area contributed by atoms with E-state index in [2.05, 4.69) is 28.9 Å². The van der Waals surface area contributed by atoms with Crippen molar-refractivity contribution < 1.29 is 9.53 Å². The molecule has 0 saturated heterocycles. The van der Waals surface area contributed by atoms with E-state index in [1.165, 1.54) is 6.92 Å². The van der Waals surface area contributed by atoms with Crippen LogP contribution < -0.4 is 10.1 Å². The molecule has 0 atom stereocenters. The molecule has 0 fully saturated rings. The molecule has 1 heterocycles. The number of hydrogen-bond acceptors (Lipinski definition) is 3. The highest BCUT2D eigenvalue weighted by atomic mass is 16.5. The second kappa shape index (κ2) is 8.52. The van der Waals surface area contributed by atoms with Crippen molar-refractivity contribution >= 4 is 16.9 Å². The predicted molar refractivity (Wildman–Crippen MR) is 103 cm³/mol. The molecule has 0 bridgehead atoms. The summed E-state index contributed by atoms with van der Waals surface area (Å²) in [5, 5.41) is 2.84. The Balaban J connectivity index is 1.65. The zero-order chi connectivity index (χ0) is 18.4. The van der Waals surface area contributed by atoms with E-state index >= 15 is 0 Å². The number of aryl methyl sites for hydroxylation is 2. The Bertz CT molecular complexity index is 886. The minimum absolute atomic E-state index is 0.0145. The number of amides is 1. The van der Waals surface area contributed by atoms with Gasteiger partial charge in [0.15, 0.2) is 0 Å². The van der Waals surface area contributed by atoms with E-state index in [4.69, 9.17) is 9.72 Å². The lowest BCUT2D eigenvalue weighted by Crippen LogP contribution is -2.23. The highest BCUT2D eigenvalue weighted by Crippen LogP contribution is 2.18. The molecule has 0 aliphatic rings. The molecule has 0 radical (unpaired) electrons. The summed E-state index contributed by atoms with van der Waals surface area (Å²) >= 11 is 0. The quantitative estimate of drug-likeness (QED) is 0.632. The number of fused-ring (bicyclic) bond motifs is 1. The van der Waals surface area contributed by atoms with Crippen LogP contribution in [0.5, 0.6) is 5.75 Å². The van der Waals surface area contributed by atoms with Crippen LogP contribution in [-0.2, 0) is 17.8 Å². The summed E-state index contributed by atoms with van der Waals surface area (Å²) in [7, 11) is 0. The van der Waals surface area contributed by atoms with Gasteiger partial charge in [0.25, 0.3) is 0 Å². The molecule has 3 rings (SSSR count). The summed E-state index contributed by atoms with van der Waals surface area (Å²) in [4.78, 5) is 15.8. The van der Waals surface area contributed by atoms with Crippen LogP contribution in [0.15, 0.2) is 48.5 Å². The number of para-hydroxylation sites is 3. The number of carbonyl (C=O) groups is 1. The molecule has 5 heteroatoms. The number of aromatic nitrogens is 2. The Hall–Kier alpha value is -2.82. The maximum Gasteiger partial charge on any atom is 0.216 e. The average Bonchev–Trinajstić information content (AvgIpc) is 2.97. The van der Waals surface area contributed by atoms with Crippen LogP contribution >= 0.6 is 0 Å². The number of imidazole rings is 1. The van der Waals surface area contributed by atoms with Crippen LogP contribution in [0.3, 0.4) is 0 Å². The zero-order valence-electron chi connectivity index (χ0n) is 15.4. The third-order valence-corrected chi connectivity index (χ3v) is 4.33. The van der Waals surface area contributed by atoms with Crippen molar-refractivity contribution in [2.45, 2.75) is 33.2 Å². The lowest BCUT2D eigenvalue weighted by atomic mass is 10.2. The summed E-state index contributed by atoms with van der Waals surface area (Å²) in [6, 6.07) is 16.2. The Morgan fingerprint density at radius 1 is 1.15 bits per heavy atom. The Morgan fingerprint density at radius 2 is 1.92 bits per heavy atom. The van der Waals surface area contributed by atoms with Crippen molar-refractivity contribution in [3.63, 3.8) is 0 Å². The average molecular weight is 351 g/mol. The smallest absolute Gasteiger partial charge is 0.216 e. The molecular weight excluding hydrogens is 326 g/mol. The first-order chi connectivity index (χ1) is 12.6. The first-order valence-electron chi connectivity index (χ1n) is 9.02. The standard InChI is InChI=1S/C21H25N3O2/c1-16-8-3-6-11-20(16)26-15-7-14-24-19-10-5-4-9-18(19)23-21(24)12-13-22-17(2)25/h3-6,8-11H,7,12-15H2,1-2H3,(H,22,25). The maximum absolute atomic E-state index is 11.1. The monoisotopic (exact) mass is 351 g/mol. The minimum Gasteiger partial charge on any atom is -0.493 e. The topological polar surface area (TPSA) is 56.2 Å². The van der Waals surface area contributed by atoms with Crippen molar-refractivity contribution in [3.05, 3.63) is 59.9 Å². The van der Waals surface area contributed by atoms with E-state index in [9.17, 15) is 4.79 Å². The third kappa shape index (κ3) is 4.42. The number of ether oxygens (including phenoxy) is 1. The second-order valence-electron chi connectivity index (χ2n) is 6.37. The first-order valence-corrected chi connectivity index (χ1v) is 9.02. The van der Waals surface area contributed by atoms with Gasteiger partial charge in [0, 0.05) is 26.4 Å². The van der Waals surface area contributed by atoms with Gasteiger partial charge in [-0.15, -0.1) is 0 Å². The van der Waals surface area contributed by atoms with Crippen LogP contribution in [0.2, 0.25) is 0 Å². The first kappa shape index (κ1) is 18.0.